The third kappa shape index (κ3) is 3.30. The number of aliphatic hydroxyl groups excluding tert-OH is 1. The van der Waals surface area contributed by atoms with Crippen molar-refractivity contribution in [3.8, 4) is 0 Å². The van der Waals surface area contributed by atoms with Gasteiger partial charge in [0.15, 0.2) is 0 Å². The highest BCUT2D eigenvalue weighted by molar-refractivity contribution is 5.08. The van der Waals surface area contributed by atoms with Crippen LogP contribution in [0.5, 0.6) is 0 Å². The van der Waals surface area contributed by atoms with Gasteiger partial charge in [0, 0.05) is 12.6 Å². The molecule has 1 aromatic rings. The van der Waals surface area contributed by atoms with E-state index in [0.29, 0.717) is 12.0 Å². The van der Waals surface area contributed by atoms with Crippen molar-refractivity contribution in [3.63, 3.8) is 0 Å². The molecule has 0 saturated carbocycles. The van der Waals surface area contributed by atoms with E-state index in [1.165, 1.54) is 25.9 Å². The summed E-state index contributed by atoms with van der Waals surface area (Å²) in [6.07, 6.45) is 3.62. The Bertz CT molecular complexity index is 348. The number of nitrogens with zero attached hydrogens (tertiary/aromatic N) is 2. The molecule has 1 aliphatic rings. The second-order valence-electron chi connectivity index (χ2n) is 5.34. The zero-order valence-corrected chi connectivity index (χ0v) is 10.8. The van der Waals surface area contributed by atoms with E-state index < -0.39 is 0 Å². The lowest BCUT2D eigenvalue weighted by Crippen LogP contribution is -2.40. The first kappa shape index (κ1) is 12.6. The molecule has 96 valence electrons. The molecule has 1 fully saturated rings. The number of likely N-dealkylation sites (tertiary alicyclic amines) is 1. The number of nitrogens with one attached hydrogen (secondary N) is 1. The Kier molecular flexibility index (Phi) is 4.18. The number of aromatic amines is 1. The Labute approximate surface area is 103 Å². The van der Waals surface area contributed by atoms with Crippen LogP contribution in [0.2, 0.25) is 0 Å². The normalized spacial score (nSPS) is 22.2. The van der Waals surface area contributed by atoms with Crippen molar-refractivity contribution in [2.45, 2.75) is 45.8 Å². The average molecular weight is 237 g/mol. The Morgan fingerprint density at radius 2 is 2.41 bits per heavy atom. The lowest BCUT2D eigenvalue weighted by atomic mass is 9.92. The molecule has 4 nitrogen and oxygen atoms in total. The summed E-state index contributed by atoms with van der Waals surface area (Å²) in [5.41, 5.74) is 1.90. The van der Waals surface area contributed by atoms with Crippen molar-refractivity contribution >= 4 is 0 Å². The summed E-state index contributed by atoms with van der Waals surface area (Å²) in [6.45, 7) is 6.99. The molecule has 0 spiro atoms. The highest BCUT2D eigenvalue weighted by atomic mass is 16.3. The fourth-order valence-electron chi connectivity index (χ4n) is 2.62. The largest absolute Gasteiger partial charge is 0.390 e. The van der Waals surface area contributed by atoms with Crippen molar-refractivity contribution in [1.82, 2.24) is 15.1 Å². The number of aliphatic hydroxyl groups is 1. The van der Waals surface area contributed by atoms with Crippen molar-refractivity contribution < 1.29 is 5.11 Å². The minimum atomic E-state index is 0.0514. The van der Waals surface area contributed by atoms with Crippen molar-refractivity contribution in [1.29, 1.82) is 0 Å². The van der Waals surface area contributed by atoms with Crippen LogP contribution in [0.1, 0.15) is 38.1 Å². The van der Waals surface area contributed by atoms with Crippen LogP contribution in [-0.2, 0) is 13.0 Å². The Balaban J connectivity index is 1.90. The molecule has 1 unspecified atom stereocenters. The second kappa shape index (κ2) is 5.65. The molecular formula is C13H23N3O. The van der Waals surface area contributed by atoms with Gasteiger partial charge in [-0.2, -0.15) is 5.10 Å². The Morgan fingerprint density at radius 3 is 3.06 bits per heavy atom. The smallest absolute Gasteiger partial charge is 0.0847 e. The van der Waals surface area contributed by atoms with Crippen molar-refractivity contribution in [2.24, 2.45) is 5.92 Å². The summed E-state index contributed by atoms with van der Waals surface area (Å²) in [5, 5.41) is 16.1. The van der Waals surface area contributed by atoms with Crippen molar-refractivity contribution in [3.05, 3.63) is 17.5 Å². The molecule has 2 rings (SSSR count). The predicted octanol–water partition coefficient (Wildman–Crippen LogP) is 1.56. The summed E-state index contributed by atoms with van der Waals surface area (Å²) in [4.78, 5) is 2.55. The maximum Gasteiger partial charge on any atom is 0.0847 e. The molecule has 0 amide bonds. The zero-order valence-electron chi connectivity index (χ0n) is 10.8. The highest BCUT2D eigenvalue weighted by Gasteiger charge is 2.22. The topological polar surface area (TPSA) is 52.1 Å². The maximum absolute atomic E-state index is 8.99. The fourth-order valence-corrected chi connectivity index (χ4v) is 2.62. The SMILES string of the molecule is CC(C)N1CCCC(Cc2cc(CO)[nH]n2)C1. The van der Waals surface area contributed by atoms with Gasteiger partial charge in [0.2, 0.25) is 0 Å². The summed E-state index contributed by atoms with van der Waals surface area (Å²) >= 11 is 0. The number of hydrogen-bond acceptors (Lipinski definition) is 3. The molecule has 2 heterocycles. The molecular weight excluding hydrogens is 214 g/mol. The lowest BCUT2D eigenvalue weighted by molar-refractivity contribution is 0.139. The molecule has 0 radical (unpaired) electrons. The fraction of sp³-hybridized carbons (Fsp3) is 0.769. The van der Waals surface area contributed by atoms with E-state index in [0.717, 1.165) is 17.8 Å². The average Bonchev–Trinajstić information content (AvgIpc) is 2.77. The van der Waals surface area contributed by atoms with Crippen LogP contribution < -0.4 is 0 Å². The van der Waals surface area contributed by atoms with Crippen LogP contribution in [-0.4, -0.2) is 39.3 Å². The molecule has 0 bridgehead atoms. The summed E-state index contributed by atoms with van der Waals surface area (Å²) in [5.74, 6) is 0.709. The summed E-state index contributed by atoms with van der Waals surface area (Å²) < 4.78 is 0. The van der Waals surface area contributed by atoms with Crippen LogP contribution in [0.15, 0.2) is 6.07 Å². The highest BCUT2D eigenvalue weighted by Crippen LogP contribution is 2.21. The predicted molar refractivity (Wildman–Crippen MR) is 67.6 cm³/mol. The van der Waals surface area contributed by atoms with E-state index in [9.17, 15) is 0 Å². The van der Waals surface area contributed by atoms with Crippen LogP contribution in [0, 0.1) is 5.92 Å². The van der Waals surface area contributed by atoms with E-state index in [1.807, 2.05) is 6.07 Å². The van der Waals surface area contributed by atoms with Gasteiger partial charge in [0.25, 0.3) is 0 Å². The third-order valence-corrected chi connectivity index (χ3v) is 3.63. The van der Waals surface area contributed by atoms with Crippen LogP contribution in [0.25, 0.3) is 0 Å². The van der Waals surface area contributed by atoms with E-state index in [-0.39, 0.29) is 6.61 Å². The van der Waals surface area contributed by atoms with Crippen LogP contribution >= 0.6 is 0 Å². The van der Waals surface area contributed by atoms with Crippen molar-refractivity contribution in [2.75, 3.05) is 13.1 Å². The maximum atomic E-state index is 8.99. The standard InChI is InChI=1S/C13H23N3O/c1-10(2)16-5-3-4-11(8-16)6-12-7-13(9-17)15-14-12/h7,10-11,17H,3-6,8-9H2,1-2H3,(H,14,15). The number of piperidine rings is 1. The van der Waals surface area contributed by atoms with Crippen LogP contribution in [0.3, 0.4) is 0 Å². The van der Waals surface area contributed by atoms with E-state index >= 15 is 0 Å². The Morgan fingerprint density at radius 1 is 1.59 bits per heavy atom. The van der Waals surface area contributed by atoms with E-state index in [4.69, 9.17) is 5.11 Å². The number of rotatable bonds is 4. The van der Waals surface area contributed by atoms with Gasteiger partial charge in [0.1, 0.15) is 0 Å². The first-order chi connectivity index (χ1) is 8.19. The first-order valence-electron chi connectivity index (χ1n) is 6.57. The van der Waals surface area contributed by atoms with Gasteiger partial charge in [-0.05, 0) is 51.6 Å². The molecule has 2 N–H and O–H groups in total. The number of hydrogen-bond donors (Lipinski definition) is 2. The molecule has 1 aliphatic heterocycles. The zero-order chi connectivity index (χ0) is 12.3. The number of H-pyrrole nitrogens is 1. The molecule has 0 aromatic carbocycles. The Hall–Kier alpha value is -0.870. The van der Waals surface area contributed by atoms with Gasteiger partial charge in [-0.3, -0.25) is 5.10 Å². The summed E-state index contributed by atoms with van der Waals surface area (Å²) in [6, 6.07) is 2.62. The molecule has 4 heteroatoms. The lowest BCUT2D eigenvalue weighted by Gasteiger charge is -2.35. The van der Waals surface area contributed by atoms with Gasteiger partial charge >= 0.3 is 0 Å². The van der Waals surface area contributed by atoms with Gasteiger partial charge < -0.3 is 10.0 Å². The quantitative estimate of drug-likeness (QED) is 0.835. The molecule has 17 heavy (non-hydrogen) atoms. The van der Waals surface area contributed by atoms with E-state index in [2.05, 4.69) is 28.9 Å². The second-order valence-corrected chi connectivity index (χ2v) is 5.34. The van der Waals surface area contributed by atoms with Gasteiger partial charge in [-0.15, -0.1) is 0 Å². The van der Waals surface area contributed by atoms with Gasteiger partial charge in [-0.25, -0.2) is 0 Å². The molecule has 0 aliphatic carbocycles. The molecule has 1 aromatic heterocycles. The minimum Gasteiger partial charge on any atom is -0.390 e. The third-order valence-electron chi connectivity index (χ3n) is 3.63. The monoisotopic (exact) mass is 237 g/mol. The van der Waals surface area contributed by atoms with E-state index in [1.54, 1.807) is 0 Å². The van der Waals surface area contributed by atoms with Gasteiger partial charge in [-0.1, -0.05) is 0 Å². The van der Waals surface area contributed by atoms with Crippen LogP contribution in [0.4, 0.5) is 0 Å². The molecule has 1 saturated heterocycles. The first-order valence-corrected chi connectivity index (χ1v) is 6.57. The number of aromatic nitrogens is 2. The molecule has 1 atom stereocenters. The minimum absolute atomic E-state index is 0.0514. The van der Waals surface area contributed by atoms with Gasteiger partial charge in [0.05, 0.1) is 18.0 Å². The summed E-state index contributed by atoms with van der Waals surface area (Å²) in [7, 11) is 0.